The van der Waals surface area contributed by atoms with Gasteiger partial charge >= 0.3 is 0 Å². The van der Waals surface area contributed by atoms with Crippen LogP contribution < -0.4 is 9.47 Å². The minimum Gasteiger partial charge on any atom is -0.497 e. The molecule has 2 heterocycles. The second-order valence-electron chi connectivity index (χ2n) is 4.89. The molecule has 1 aromatic heterocycles. The van der Waals surface area contributed by atoms with Crippen molar-refractivity contribution in [3.05, 3.63) is 48.2 Å². The van der Waals surface area contributed by atoms with Crippen molar-refractivity contribution in [1.82, 2.24) is 9.88 Å². The molecule has 1 saturated heterocycles. The van der Waals surface area contributed by atoms with Crippen LogP contribution in [0.4, 0.5) is 0 Å². The molecule has 0 bridgehead atoms. The molecule has 1 fully saturated rings. The number of nitrogens with zero attached hydrogens (tertiary/aromatic N) is 3. The lowest BCUT2D eigenvalue weighted by atomic mass is 10.2. The van der Waals surface area contributed by atoms with Gasteiger partial charge in [-0.25, -0.2) is 4.98 Å². The lowest BCUT2D eigenvalue weighted by Gasteiger charge is -2.17. The second-order valence-corrected chi connectivity index (χ2v) is 5.97. The van der Waals surface area contributed by atoms with E-state index in [0.29, 0.717) is 17.5 Å². The summed E-state index contributed by atoms with van der Waals surface area (Å²) in [5.74, 6) is 4.23. The fourth-order valence-corrected chi connectivity index (χ4v) is 3.19. The van der Waals surface area contributed by atoms with E-state index in [1.165, 1.54) is 0 Å². The van der Waals surface area contributed by atoms with Crippen LogP contribution in [0, 0.1) is 0 Å². The summed E-state index contributed by atoms with van der Waals surface area (Å²) in [6.45, 7) is 0.867. The van der Waals surface area contributed by atoms with Crippen LogP contribution in [-0.2, 0) is 0 Å². The highest BCUT2D eigenvalue weighted by Crippen LogP contribution is 2.24. The van der Waals surface area contributed by atoms with Crippen LogP contribution in [0.1, 0.15) is 5.56 Å². The van der Waals surface area contributed by atoms with E-state index in [-0.39, 0.29) is 0 Å². The maximum absolute atomic E-state index is 9.27. The number of oxime groups is 1. The van der Waals surface area contributed by atoms with E-state index in [1.807, 2.05) is 29.2 Å². The first-order valence-electron chi connectivity index (χ1n) is 7.13. The van der Waals surface area contributed by atoms with Gasteiger partial charge in [0.15, 0.2) is 5.84 Å². The largest absolute Gasteiger partial charge is 0.497 e. The van der Waals surface area contributed by atoms with E-state index in [2.05, 4.69) is 10.1 Å². The number of ether oxygens (including phenoxy) is 2. The summed E-state index contributed by atoms with van der Waals surface area (Å²) in [4.78, 5) is 6.30. The first-order chi connectivity index (χ1) is 11.3. The van der Waals surface area contributed by atoms with Crippen LogP contribution in [0.15, 0.2) is 47.8 Å². The average Bonchev–Trinajstić information content (AvgIpc) is 3.11. The maximum Gasteiger partial charge on any atom is 0.219 e. The van der Waals surface area contributed by atoms with Crippen molar-refractivity contribution in [2.75, 3.05) is 25.3 Å². The van der Waals surface area contributed by atoms with E-state index in [4.69, 9.17) is 9.47 Å². The van der Waals surface area contributed by atoms with Gasteiger partial charge in [0.25, 0.3) is 0 Å². The summed E-state index contributed by atoms with van der Waals surface area (Å²) >= 11 is 1.81. The lowest BCUT2D eigenvalue weighted by molar-refractivity contribution is 0.308. The van der Waals surface area contributed by atoms with Crippen molar-refractivity contribution in [2.24, 2.45) is 5.16 Å². The predicted octanol–water partition coefficient (Wildman–Crippen LogP) is 3.02. The van der Waals surface area contributed by atoms with E-state index in [0.717, 1.165) is 29.5 Å². The number of pyridine rings is 1. The molecule has 0 saturated carbocycles. The van der Waals surface area contributed by atoms with Gasteiger partial charge in [-0.1, -0.05) is 11.2 Å². The van der Waals surface area contributed by atoms with Crippen molar-refractivity contribution in [2.45, 2.75) is 0 Å². The number of hydrogen-bond donors (Lipinski definition) is 1. The summed E-state index contributed by atoms with van der Waals surface area (Å²) in [5, 5.41) is 12.7. The molecule has 7 heteroatoms. The number of thioether (sulfide) groups is 1. The van der Waals surface area contributed by atoms with Gasteiger partial charge in [0.05, 0.1) is 13.0 Å². The van der Waals surface area contributed by atoms with Gasteiger partial charge in [-0.2, -0.15) is 0 Å². The van der Waals surface area contributed by atoms with Gasteiger partial charge in [0.2, 0.25) is 5.88 Å². The zero-order valence-corrected chi connectivity index (χ0v) is 13.5. The zero-order chi connectivity index (χ0) is 16.1. The Bertz CT molecular complexity index is 685. The molecule has 2 aromatic rings. The molecule has 1 aliphatic rings. The molecule has 0 radical (unpaired) electrons. The van der Waals surface area contributed by atoms with Gasteiger partial charge < -0.3 is 19.6 Å². The minimum absolute atomic E-state index is 0.468. The lowest BCUT2D eigenvalue weighted by Crippen LogP contribution is -2.28. The third-order valence-electron chi connectivity index (χ3n) is 3.41. The fraction of sp³-hybridized carbons (Fsp3) is 0.250. The summed E-state index contributed by atoms with van der Waals surface area (Å²) in [6, 6.07) is 10.9. The van der Waals surface area contributed by atoms with Gasteiger partial charge in [-0.3, -0.25) is 0 Å². The minimum atomic E-state index is 0.468. The van der Waals surface area contributed by atoms with Crippen LogP contribution in [0.3, 0.4) is 0 Å². The summed E-state index contributed by atoms with van der Waals surface area (Å²) in [7, 11) is 1.61. The molecule has 0 amide bonds. The van der Waals surface area contributed by atoms with Crippen molar-refractivity contribution >= 4 is 17.6 Å². The quantitative estimate of drug-likeness (QED) is 0.402. The number of aromatic nitrogens is 1. The Labute approximate surface area is 138 Å². The fourth-order valence-electron chi connectivity index (χ4n) is 2.24. The first-order valence-corrected chi connectivity index (χ1v) is 8.28. The van der Waals surface area contributed by atoms with Crippen molar-refractivity contribution < 1.29 is 14.7 Å². The molecule has 1 aliphatic heterocycles. The highest BCUT2D eigenvalue weighted by atomic mass is 32.2. The molecule has 1 N–H and O–H groups in total. The van der Waals surface area contributed by atoms with Crippen LogP contribution in [0.2, 0.25) is 0 Å². The third kappa shape index (κ3) is 3.68. The molecule has 6 nitrogen and oxygen atoms in total. The number of methoxy groups -OCH3 is 1. The molecule has 0 aliphatic carbocycles. The summed E-state index contributed by atoms with van der Waals surface area (Å²) < 4.78 is 10.9. The second kappa shape index (κ2) is 7.23. The van der Waals surface area contributed by atoms with E-state index < -0.39 is 0 Å². The molecular weight excluding hydrogens is 314 g/mol. The molecule has 0 atom stereocenters. The topological polar surface area (TPSA) is 67.2 Å². The summed E-state index contributed by atoms with van der Waals surface area (Å²) in [6.07, 6.45) is 1.65. The molecule has 120 valence electrons. The molecule has 23 heavy (non-hydrogen) atoms. The van der Waals surface area contributed by atoms with Crippen molar-refractivity contribution in [1.29, 1.82) is 0 Å². The number of amidine groups is 1. The van der Waals surface area contributed by atoms with Crippen LogP contribution >= 0.6 is 11.8 Å². The van der Waals surface area contributed by atoms with Crippen LogP contribution in [0.5, 0.6) is 17.4 Å². The average molecular weight is 331 g/mol. The SMILES string of the molecule is COc1cccc(Oc2ccc(/C(=N/O)N3CCSC3)cn2)c1. The Balaban J connectivity index is 1.73. The van der Waals surface area contributed by atoms with Crippen molar-refractivity contribution in [3.8, 4) is 17.4 Å². The monoisotopic (exact) mass is 331 g/mol. The molecular formula is C16H17N3O3S. The highest BCUT2D eigenvalue weighted by Gasteiger charge is 2.19. The van der Waals surface area contributed by atoms with Gasteiger partial charge in [-0.15, -0.1) is 11.8 Å². The Hall–Kier alpha value is -2.41. The van der Waals surface area contributed by atoms with Gasteiger partial charge in [0, 0.05) is 36.2 Å². The van der Waals surface area contributed by atoms with Gasteiger partial charge in [-0.05, 0) is 18.2 Å². The number of rotatable bonds is 4. The maximum atomic E-state index is 9.27. The molecule has 1 aromatic carbocycles. The Kier molecular flexibility index (Phi) is 4.87. The van der Waals surface area contributed by atoms with E-state index in [9.17, 15) is 5.21 Å². The summed E-state index contributed by atoms with van der Waals surface area (Å²) in [5.41, 5.74) is 0.757. The Morgan fingerprint density at radius 2 is 2.17 bits per heavy atom. The van der Waals surface area contributed by atoms with Gasteiger partial charge in [0.1, 0.15) is 11.5 Å². The van der Waals surface area contributed by atoms with Crippen LogP contribution in [-0.4, -0.2) is 46.2 Å². The Morgan fingerprint density at radius 1 is 1.30 bits per heavy atom. The third-order valence-corrected chi connectivity index (χ3v) is 4.37. The smallest absolute Gasteiger partial charge is 0.219 e. The van der Waals surface area contributed by atoms with Crippen molar-refractivity contribution in [3.63, 3.8) is 0 Å². The molecule has 0 spiro atoms. The van der Waals surface area contributed by atoms with E-state index in [1.54, 1.807) is 37.2 Å². The number of hydrogen-bond acceptors (Lipinski definition) is 6. The standard InChI is InChI=1S/C16H17N3O3S/c1-21-13-3-2-4-14(9-13)22-15-6-5-12(10-17-15)16(18-20)19-7-8-23-11-19/h2-6,9-10,20H,7-8,11H2,1H3/b18-16-. The highest BCUT2D eigenvalue weighted by molar-refractivity contribution is 7.99. The molecule has 3 rings (SSSR count). The number of benzene rings is 1. The first kappa shape index (κ1) is 15.5. The van der Waals surface area contributed by atoms with Crippen LogP contribution in [0.25, 0.3) is 0 Å². The normalized spacial score (nSPS) is 14.8. The Morgan fingerprint density at radius 3 is 2.83 bits per heavy atom. The zero-order valence-electron chi connectivity index (χ0n) is 12.7. The predicted molar refractivity (Wildman–Crippen MR) is 89.7 cm³/mol. The molecule has 0 unspecified atom stereocenters. The van der Waals surface area contributed by atoms with E-state index >= 15 is 0 Å².